The molecule has 0 radical (unpaired) electrons. The molecule has 1 heterocycles. The molecule has 1 saturated carbocycles. The number of benzene rings is 1. The Hall–Kier alpha value is -1.42. The van der Waals surface area contributed by atoms with Crippen LogP contribution in [0.3, 0.4) is 0 Å². The molecule has 0 spiro atoms. The predicted octanol–water partition coefficient (Wildman–Crippen LogP) is 3.82. The van der Waals surface area contributed by atoms with Crippen molar-refractivity contribution in [1.29, 1.82) is 0 Å². The van der Waals surface area contributed by atoms with Crippen molar-refractivity contribution < 1.29 is 19.4 Å². The summed E-state index contributed by atoms with van der Waals surface area (Å²) in [4.78, 5) is 11.0. The average Bonchev–Trinajstić information content (AvgIpc) is 3.09. The van der Waals surface area contributed by atoms with Crippen LogP contribution in [0.2, 0.25) is 5.02 Å². The fourth-order valence-electron chi connectivity index (χ4n) is 2.75. The Kier molecular flexibility index (Phi) is 3.09. The summed E-state index contributed by atoms with van der Waals surface area (Å²) < 4.78 is 11.4. The van der Waals surface area contributed by atoms with Crippen LogP contribution in [-0.2, 0) is 4.79 Å². The lowest BCUT2D eigenvalue weighted by Crippen LogP contribution is -2.29. The summed E-state index contributed by atoms with van der Waals surface area (Å²) in [6.07, 6.45) is 2.29. The molecule has 4 nitrogen and oxygen atoms in total. The summed E-state index contributed by atoms with van der Waals surface area (Å²) in [5.41, 5.74) is 0.931. The van der Waals surface area contributed by atoms with Crippen molar-refractivity contribution in [3.63, 3.8) is 0 Å². The molecule has 1 fully saturated rings. The first-order chi connectivity index (χ1) is 9.35. The summed E-state index contributed by atoms with van der Waals surface area (Å²) in [5.74, 6) is 0.0833. The van der Waals surface area contributed by atoms with E-state index in [1.54, 1.807) is 0 Å². The molecule has 5 heteroatoms. The van der Waals surface area contributed by atoms with E-state index in [-0.39, 0.29) is 12.3 Å². The van der Waals surface area contributed by atoms with Gasteiger partial charge in [-0.15, -0.1) is 0 Å². The van der Waals surface area contributed by atoms with Crippen LogP contribution in [0, 0.1) is 5.92 Å². The highest BCUT2D eigenvalue weighted by atomic mass is 35.5. The maximum Gasteiger partial charge on any atom is 0.303 e. The number of carboxylic acids is 1. The Morgan fingerprint density at radius 2 is 2.15 bits per heavy atom. The zero-order valence-corrected chi connectivity index (χ0v) is 12.2. The highest BCUT2D eigenvalue weighted by molar-refractivity contribution is 6.32. The Morgan fingerprint density at radius 1 is 1.45 bits per heavy atom. The minimum absolute atomic E-state index is 0.00242. The fourth-order valence-corrected chi connectivity index (χ4v) is 3.01. The van der Waals surface area contributed by atoms with Gasteiger partial charge in [0.05, 0.1) is 11.4 Å². The van der Waals surface area contributed by atoms with E-state index in [4.69, 9.17) is 26.2 Å². The van der Waals surface area contributed by atoms with Crippen LogP contribution < -0.4 is 9.47 Å². The Bertz CT molecular complexity index is 563. The van der Waals surface area contributed by atoms with Gasteiger partial charge in [0.1, 0.15) is 0 Å². The van der Waals surface area contributed by atoms with Crippen molar-refractivity contribution >= 4 is 17.6 Å². The van der Waals surface area contributed by atoms with Crippen LogP contribution in [-0.4, -0.2) is 16.9 Å². The Morgan fingerprint density at radius 3 is 2.75 bits per heavy atom. The smallest absolute Gasteiger partial charge is 0.303 e. The second kappa shape index (κ2) is 4.55. The van der Waals surface area contributed by atoms with Gasteiger partial charge in [-0.2, -0.15) is 0 Å². The number of hydrogen-bond acceptors (Lipinski definition) is 3. The number of fused-ring (bicyclic) bond motifs is 1. The van der Waals surface area contributed by atoms with E-state index in [9.17, 15) is 4.79 Å². The SMILES string of the molecule is CC1(C)Oc2cc(C(CC(=O)O)C3CC3)cc(Cl)c2O1. The molecule has 1 aromatic carbocycles. The standard InChI is InChI=1S/C15H17ClO4/c1-15(2)19-12-6-9(5-11(16)14(12)20-15)10(7-13(17)18)8-3-4-8/h5-6,8,10H,3-4,7H2,1-2H3,(H,17,18). The largest absolute Gasteiger partial charge is 0.481 e. The van der Waals surface area contributed by atoms with Crippen molar-refractivity contribution in [1.82, 2.24) is 0 Å². The van der Waals surface area contributed by atoms with E-state index in [0.29, 0.717) is 22.4 Å². The minimum Gasteiger partial charge on any atom is -0.481 e. The Balaban J connectivity index is 1.95. The summed E-state index contributed by atoms with van der Waals surface area (Å²) in [5, 5.41) is 9.56. The van der Waals surface area contributed by atoms with Crippen molar-refractivity contribution in [2.75, 3.05) is 0 Å². The van der Waals surface area contributed by atoms with E-state index in [2.05, 4.69) is 0 Å². The normalized spacial score (nSPS) is 20.8. The van der Waals surface area contributed by atoms with Gasteiger partial charge in [-0.1, -0.05) is 11.6 Å². The van der Waals surface area contributed by atoms with E-state index in [1.165, 1.54) is 0 Å². The summed E-state index contributed by atoms with van der Waals surface area (Å²) in [7, 11) is 0. The van der Waals surface area contributed by atoms with Crippen LogP contribution in [0.1, 0.15) is 44.6 Å². The van der Waals surface area contributed by atoms with Crippen molar-refractivity contribution in [2.45, 2.75) is 44.8 Å². The quantitative estimate of drug-likeness (QED) is 0.918. The number of aliphatic carboxylic acids is 1. The van der Waals surface area contributed by atoms with Crippen molar-refractivity contribution in [3.05, 3.63) is 22.7 Å². The lowest BCUT2D eigenvalue weighted by Gasteiger charge is -2.16. The molecule has 1 aliphatic heterocycles. The number of carboxylic acid groups (broad SMARTS) is 1. The van der Waals surface area contributed by atoms with Gasteiger partial charge >= 0.3 is 5.97 Å². The number of halogens is 1. The van der Waals surface area contributed by atoms with Crippen LogP contribution in [0.25, 0.3) is 0 Å². The number of carbonyl (C=O) groups is 1. The van der Waals surface area contributed by atoms with Crippen LogP contribution in [0.15, 0.2) is 12.1 Å². The highest BCUT2D eigenvalue weighted by Gasteiger charge is 2.38. The summed E-state index contributed by atoms with van der Waals surface area (Å²) in [6, 6.07) is 3.69. The maximum absolute atomic E-state index is 11.0. The summed E-state index contributed by atoms with van der Waals surface area (Å²) in [6.45, 7) is 3.64. The lowest BCUT2D eigenvalue weighted by molar-refractivity contribution is -0.137. The lowest BCUT2D eigenvalue weighted by atomic mass is 9.91. The average molecular weight is 297 g/mol. The fraction of sp³-hybridized carbons (Fsp3) is 0.533. The molecule has 0 aromatic heterocycles. The topological polar surface area (TPSA) is 55.8 Å². The third-order valence-electron chi connectivity index (χ3n) is 3.75. The second-order valence-corrected chi connectivity index (χ2v) is 6.38. The first-order valence-corrected chi connectivity index (χ1v) is 7.17. The molecule has 3 rings (SSSR count). The third kappa shape index (κ3) is 2.57. The van der Waals surface area contributed by atoms with Gasteiger partial charge in [0.15, 0.2) is 11.5 Å². The number of hydrogen-bond donors (Lipinski definition) is 1. The van der Waals surface area contributed by atoms with Crippen LogP contribution in [0.5, 0.6) is 11.5 Å². The van der Waals surface area contributed by atoms with Crippen LogP contribution in [0.4, 0.5) is 0 Å². The van der Waals surface area contributed by atoms with Crippen LogP contribution >= 0.6 is 11.6 Å². The molecular weight excluding hydrogens is 280 g/mol. The first kappa shape index (κ1) is 13.6. The second-order valence-electron chi connectivity index (χ2n) is 5.98. The zero-order valence-electron chi connectivity index (χ0n) is 11.5. The molecule has 1 aromatic rings. The van der Waals surface area contributed by atoms with Gasteiger partial charge in [-0.25, -0.2) is 0 Å². The molecule has 2 aliphatic rings. The molecule has 0 amide bonds. The van der Waals surface area contributed by atoms with Gasteiger partial charge in [-0.3, -0.25) is 4.79 Å². The van der Waals surface area contributed by atoms with E-state index < -0.39 is 11.8 Å². The summed E-state index contributed by atoms with van der Waals surface area (Å²) >= 11 is 6.26. The highest BCUT2D eigenvalue weighted by Crippen LogP contribution is 2.50. The zero-order chi connectivity index (χ0) is 14.5. The molecule has 20 heavy (non-hydrogen) atoms. The van der Waals surface area contributed by atoms with Crippen molar-refractivity contribution in [3.8, 4) is 11.5 Å². The van der Waals surface area contributed by atoms with Gasteiger partial charge in [0.25, 0.3) is 0 Å². The number of rotatable bonds is 4. The monoisotopic (exact) mass is 296 g/mol. The third-order valence-corrected chi connectivity index (χ3v) is 4.03. The molecule has 0 bridgehead atoms. The van der Waals surface area contributed by atoms with Gasteiger partial charge in [-0.05, 0) is 42.4 Å². The first-order valence-electron chi connectivity index (χ1n) is 6.79. The molecule has 1 aliphatic carbocycles. The van der Waals surface area contributed by atoms with Gasteiger partial charge in [0.2, 0.25) is 5.79 Å². The Labute approximate surface area is 122 Å². The van der Waals surface area contributed by atoms with E-state index >= 15 is 0 Å². The molecule has 1 unspecified atom stereocenters. The predicted molar refractivity (Wildman–Crippen MR) is 74.5 cm³/mol. The number of ether oxygens (including phenoxy) is 2. The molecule has 1 N–H and O–H groups in total. The van der Waals surface area contributed by atoms with Gasteiger partial charge in [0, 0.05) is 13.8 Å². The van der Waals surface area contributed by atoms with Gasteiger partial charge < -0.3 is 14.6 Å². The maximum atomic E-state index is 11.0. The molecule has 1 atom stereocenters. The van der Waals surface area contributed by atoms with E-state index in [0.717, 1.165) is 18.4 Å². The molecule has 0 saturated heterocycles. The minimum atomic E-state index is -0.781. The molecular formula is C15H17ClO4. The van der Waals surface area contributed by atoms with Crippen molar-refractivity contribution in [2.24, 2.45) is 5.92 Å². The molecule has 108 valence electrons. The van der Waals surface area contributed by atoms with E-state index in [1.807, 2.05) is 26.0 Å².